The van der Waals surface area contributed by atoms with Gasteiger partial charge in [-0.2, -0.15) is 13.2 Å². The van der Waals surface area contributed by atoms with Crippen LogP contribution in [0.2, 0.25) is 0 Å². The highest BCUT2D eigenvalue weighted by Crippen LogP contribution is 2.37. The van der Waals surface area contributed by atoms with Crippen molar-refractivity contribution in [3.05, 3.63) is 71.9 Å². The second-order valence-electron chi connectivity index (χ2n) is 9.60. The average molecular weight is 567 g/mol. The molecule has 1 aliphatic rings. The van der Waals surface area contributed by atoms with Crippen molar-refractivity contribution in [2.45, 2.75) is 20.0 Å². The predicted octanol–water partition coefficient (Wildman–Crippen LogP) is 4.45. The summed E-state index contributed by atoms with van der Waals surface area (Å²) in [5, 5.41) is 11.2. The van der Waals surface area contributed by atoms with E-state index in [0.29, 0.717) is 17.1 Å². The first-order valence-corrected chi connectivity index (χ1v) is 13.0. The van der Waals surface area contributed by atoms with Crippen LogP contribution in [0.25, 0.3) is 16.9 Å². The summed E-state index contributed by atoms with van der Waals surface area (Å²) in [6.45, 7) is 8.81. The summed E-state index contributed by atoms with van der Waals surface area (Å²) in [6.07, 6.45) is 2.06. The minimum absolute atomic E-state index is 0.174. The topological polar surface area (TPSA) is 101 Å². The summed E-state index contributed by atoms with van der Waals surface area (Å²) in [7, 11) is 1.14. The lowest BCUT2D eigenvalue weighted by molar-refractivity contribution is -0.138. The number of aromatic nitrogens is 5. The van der Waals surface area contributed by atoms with Gasteiger partial charge in [0.25, 0.3) is 5.91 Å². The fourth-order valence-electron chi connectivity index (χ4n) is 4.67. The molecule has 1 fully saturated rings. The number of ether oxygens (including phenoxy) is 1. The minimum Gasteiger partial charge on any atom is -0.496 e. The molecule has 41 heavy (non-hydrogen) atoms. The van der Waals surface area contributed by atoms with E-state index in [9.17, 15) is 18.0 Å². The maximum Gasteiger partial charge on any atom is 0.419 e. The Morgan fingerprint density at radius 3 is 2.56 bits per heavy atom. The van der Waals surface area contributed by atoms with Crippen molar-refractivity contribution in [2.24, 2.45) is 0 Å². The lowest BCUT2D eigenvalue weighted by atomic mass is 10.1. The van der Waals surface area contributed by atoms with Gasteiger partial charge in [-0.1, -0.05) is 12.1 Å². The Hall–Kier alpha value is -4.52. The molecule has 1 aliphatic heterocycles. The number of hydrogen-bond acceptors (Lipinski definition) is 8. The molecular weight excluding hydrogens is 537 g/mol. The number of carbonyl (C=O) groups excluding carboxylic acids is 1. The molecule has 1 N–H and O–H groups in total. The maximum atomic E-state index is 13.4. The Morgan fingerprint density at radius 2 is 1.85 bits per heavy atom. The van der Waals surface area contributed by atoms with Crippen LogP contribution in [-0.4, -0.2) is 75.6 Å². The molecule has 4 aromatic rings. The van der Waals surface area contributed by atoms with E-state index in [-0.39, 0.29) is 17.0 Å². The number of piperazine rings is 1. The number of anilines is 2. The van der Waals surface area contributed by atoms with Gasteiger partial charge in [0.05, 0.1) is 54.0 Å². The van der Waals surface area contributed by atoms with Crippen LogP contribution >= 0.6 is 0 Å². The standard InChI is InChI=1S/C28H29F3N8O2/c1-4-37-7-9-38(10-8-37)22-11-20(14-32-16-22)24-17-39(36-35-24)25-13-21(15-33-18(25)2)34-27(40)19-5-6-26(41-3)23(12-19)28(29,30)31/h5-6,11-17H,4,7-10H2,1-3H3,(H,34,40). The summed E-state index contributed by atoms with van der Waals surface area (Å²) >= 11 is 0. The number of alkyl halides is 3. The molecule has 1 amide bonds. The number of benzene rings is 1. The third-order valence-electron chi connectivity index (χ3n) is 7.03. The predicted molar refractivity (Wildman–Crippen MR) is 147 cm³/mol. The number of amides is 1. The highest BCUT2D eigenvalue weighted by molar-refractivity contribution is 6.04. The molecule has 1 saturated heterocycles. The van der Waals surface area contributed by atoms with Crippen molar-refractivity contribution in [1.29, 1.82) is 0 Å². The molecule has 1 aromatic carbocycles. The van der Waals surface area contributed by atoms with Gasteiger partial charge >= 0.3 is 6.18 Å². The molecule has 4 heterocycles. The van der Waals surface area contributed by atoms with E-state index >= 15 is 0 Å². The summed E-state index contributed by atoms with van der Waals surface area (Å²) in [5.41, 5.74) is 2.67. The summed E-state index contributed by atoms with van der Waals surface area (Å²) in [5.74, 6) is -1.09. The van der Waals surface area contributed by atoms with Gasteiger partial charge in [-0.15, -0.1) is 5.10 Å². The van der Waals surface area contributed by atoms with E-state index in [1.165, 1.54) is 16.9 Å². The summed E-state index contributed by atoms with van der Waals surface area (Å²) in [4.78, 5) is 26.3. The molecule has 0 unspecified atom stereocenters. The maximum absolute atomic E-state index is 13.4. The van der Waals surface area contributed by atoms with Gasteiger partial charge in [-0.25, -0.2) is 4.68 Å². The van der Waals surface area contributed by atoms with Crippen molar-refractivity contribution in [2.75, 3.05) is 50.1 Å². The number of nitrogens with one attached hydrogen (secondary N) is 1. The first-order chi connectivity index (χ1) is 19.7. The third kappa shape index (κ3) is 6.14. The molecule has 0 aliphatic carbocycles. The van der Waals surface area contributed by atoms with E-state index in [1.54, 1.807) is 25.4 Å². The van der Waals surface area contributed by atoms with Gasteiger partial charge < -0.3 is 19.9 Å². The SMILES string of the molecule is CCN1CCN(c2cncc(-c3cn(-c4cc(NC(=O)c5ccc(OC)c(C(F)(F)F)c5)cnc4C)nn3)c2)CC1. The molecule has 3 aromatic heterocycles. The quantitative estimate of drug-likeness (QED) is 0.350. The smallest absolute Gasteiger partial charge is 0.419 e. The second-order valence-corrected chi connectivity index (χ2v) is 9.60. The molecular formula is C28H29F3N8O2. The average Bonchev–Trinajstić information content (AvgIpc) is 3.48. The summed E-state index contributed by atoms with van der Waals surface area (Å²) in [6, 6.07) is 6.81. The van der Waals surface area contributed by atoms with E-state index in [1.807, 2.05) is 12.3 Å². The zero-order chi connectivity index (χ0) is 29.1. The Morgan fingerprint density at radius 1 is 1.07 bits per heavy atom. The summed E-state index contributed by atoms with van der Waals surface area (Å²) < 4.78 is 46.6. The number of halogens is 3. The van der Waals surface area contributed by atoms with E-state index in [2.05, 4.69) is 42.3 Å². The lowest BCUT2D eigenvalue weighted by Crippen LogP contribution is -2.46. The largest absolute Gasteiger partial charge is 0.496 e. The van der Waals surface area contributed by atoms with Crippen molar-refractivity contribution >= 4 is 17.3 Å². The fourth-order valence-corrected chi connectivity index (χ4v) is 4.67. The Bertz CT molecular complexity index is 1550. The number of pyridine rings is 2. The lowest BCUT2D eigenvalue weighted by Gasteiger charge is -2.35. The first-order valence-electron chi connectivity index (χ1n) is 13.0. The number of methoxy groups -OCH3 is 1. The van der Waals surface area contributed by atoms with Gasteiger partial charge in [-0.05, 0) is 43.8 Å². The van der Waals surface area contributed by atoms with Crippen LogP contribution in [0.15, 0.2) is 55.1 Å². The monoisotopic (exact) mass is 566 g/mol. The number of likely N-dealkylation sites (N-methyl/N-ethyl adjacent to an activating group) is 1. The molecule has 0 radical (unpaired) electrons. The van der Waals surface area contributed by atoms with Gasteiger partial charge in [0.2, 0.25) is 0 Å². The number of carbonyl (C=O) groups is 1. The highest BCUT2D eigenvalue weighted by atomic mass is 19.4. The van der Waals surface area contributed by atoms with Crippen LogP contribution in [0.5, 0.6) is 5.75 Å². The fraction of sp³-hybridized carbons (Fsp3) is 0.321. The number of rotatable bonds is 7. The zero-order valence-corrected chi connectivity index (χ0v) is 22.8. The van der Waals surface area contributed by atoms with Crippen LogP contribution < -0.4 is 15.0 Å². The van der Waals surface area contributed by atoms with Gasteiger partial charge in [-0.3, -0.25) is 14.8 Å². The molecule has 0 bridgehead atoms. The molecule has 0 atom stereocenters. The van der Waals surface area contributed by atoms with E-state index in [0.717, 1.165) is 63.2 Å². The molecule has 0 saturated carbocycles. The van der Waals surface area contributed by atoms with Crippen molar-refractivity contribution in [3.63, 3.8) is 0 Å². The molecule has 0 spiro atoms. The van der Waals surface area contributed by atoms with E-state index < -0.39 is 17.6 Å². The molecule has 13 heteroatoms. The number of hydrogen-bond donors (Lipinski definition) is 1. The van der Waals surface area contributed by atoms with Crippen LogP contribution in [0.3, 0.4) is 0 Å². The highest BCUT2D eigenvalue weighted by Gasteiger charge is 2.35. The number of nitrogens with zero attached hydrogens (tertiary/aromatic N) is 7. The number of aryl methyl sites for hydroxylation is 1. The van der Waals surface area contributed by atoms with Gasteiger partial charge in [0.1, 0.15) is 11.4 Å². The van der Waals surface area contributed by atoms with Crippen molar-refractivity contribution in [1.82, 2.24) is 29.9 Å². The Kier molecular flexibility index (Phi) is 7.88. The first kappa shape index (κ1) is 28.0. The zero-order valence-electron chi connectivity index (χ0n) is 22.8. The van der Waals surface area contributed by atoms with Crippen LogP contribution in [0.4, 0.5) is 24.5 Å². The van der Waals surface area contributed by atoms with Crippen LogP contribution in [0.1, 0.15) is 28.5 Å². The van der Waals surface area contributed by atoms with Crippen molar-refractivity contribution < 1.29 is 22.7 Å². The molecule has 10 nitrogen and oxygen atoms in total. The van der Waals surface area contributed by atoms with Gasteiger partial charge in [0.15, 0.2) is 0 Å². The molecule has 214 valence electrons. The molecule has 5 rings (SSSR count). The minimum atomic E-state index is -4.68. The third-order valence-corrected chi connectivity index (χ3v) is 7.03. The van der Waals surface area contributed by atoms with Crippen LogP contribution in [0, 0.1) is 6.92 Å². The second kappa shape index (κ2) is 11.5. The Balaban J connectivity index is 1.35. The van der Waals surface area contributed by atoms with Crippen molar-refractivity contribution in [3.8, 4) is 22.7 Å². The van der Waals surface area contributed by atoms with Crippen LogP contribution in [-0.2, 0) is 6.18 Å². The van der Waals surface area contributed by atoms with Gasteiger partial charge in [0, 0.05) is 43.5 Å². The Labute approximate surface area is 234 Å². The van der Waals surface area contributed by atoms with E-state index in [4.69, 9.17) is 4.74 Å². The normalized spacial score (nSPS) is 14.2.